The van der Waals surface area contributed by atoms with Crippen molar-refractivity contribution in [3.05, 3.63) is 11.8 Å². The molecule has 1 aliphatic rings. The minimum absolute atomic E-state index is 0.319. The fourth-order valence-corrected chi connectivity index (χ4v) is 2.22. The maximum atomic E-state index is 11.9. The van der Waals surface area contributed by atoms with Crippen LogP contribution in [0.15, 0.2) is 10.6 Å². The number of carbonyl (C=O) groups is 2. The van der Waals surface area contributed by atoms with Crippen molar-refractivity contribution >= 4 is 17.7 Å². The zero-order valence-electron chi connectivity index (χ0n) is 9.85. The summed E-state index contributed by atoms with van der Waals surface area (Å²) in [6.45, 7) is 5.25. The molecule has 1 amide bonds. The van der Waals surface area contributed by atoms with Crippen LogP contribution in [0.4, 0.5) is 5.82 Å². The van der Waals surface area contributed by atoms with Gasteiger partial charge in [-0.3, -0.25) is 9.59 Å². The lowest BCUT2D eigenvalue weighted by atomic mass is 10.1. The summed E-state index contributed by atoms with van der Waals surface area (Å²) in [5.74, 6) is -1.50. The van der Waals surface area contributed by atoms with E-state index in [0.717, 1.165) is 0 Å². The Hall–Kier alpha value is -1.85. The van der Waals surface area contributed by atoms with Gasteiger partial charge in [-0.25, -0.2) is 0 Å². The molecule has 17 heavy (non-hydrogen) atoms. The van der Waals surface area contributed by atoms with Crippen LogP contribution in [0.5, 0.6) is 0 Å². The molecular formula is C11H14N2O4. The summed E-state index contributed by atoms with van der Waals surface area (Å²) in [4.78, 5) is 22.8. The van der Waals surface area contributed by atoms with E-state index in [-0.39, 0.29) is 5.91 Å². The van der Waals surface area contributed by atoms with Crippen LogP contribution in [-0.2, 0) is 9.59 Å². The molecule has 2 rings (SSSR count). The standard InChI is InChI=1S/C11H14N2O4/c1-5-4-6(13-17-5)12-9(14)7-8(10(15)16)11(7,2)3/h4,7-8H,1-3H3,(H,15,16)(H,12,13,14). The number of carboxylic acids is 1. The van der Waals surface area contributed by atoms with Crippen molar-refractivity contribution < 1.29 is 19.2 Å². The molecule has 1 aromatic rings. The third-order valence-electron chi connectivity index (χ3n) is 3.26. The number of carboxylic acid groups (broad SMARTS) is 1. The average Bonchev–Trinajstić information content (AvgIpc) is 2.54. The third kappa shape index (κ3) is 1.90. The molecule has 6 nitrogen and oxygen atoms in total. The highest BCUT2D eigenvalue weighted by atomic mass is 16.5. The van der Waals surface area contributed by atoms with Crippen molar-refractivity contribution in [1.29, 1.82) is 0 Å². The molecule has 1 aliphatic carbocycles. The maximum absolute atomic E-state index is 11.9. The lowest BCUT2D eigenvalue weighted by molar-refractivity contribution is -0.140. The first-order valence-corrected chi connectivity index (χ1v) is 5.31. The minimum Gasteiger partial charge on any atom is -0.481 e. The van der Waals surface area contributed by atoms with Gasteiger partial charge in [0.05, 0.1) is 11.8 Å². The zero-order chi connectivity index (χ0) is 12.8. The van der Waals surface area contributed by atoms with Crippen LogP contribution in [0.2, 0.25) is 0 Å². The van der Waals surface area contributed by atoms with Crippen molar-refractivity contribution in [3.8, 4) is 0 Å². The van der Waals surface area contributed by atoms with Gasteiger partial charge < -0.3 is 14.9 Å². The van der Waals surface area contributed by atoms with Crippen LogP contribution < -0.4 is 5.32 Å². The number of nitrogens with one attached hydrogen (secondary N) is 1. The van der Waals surface area contributed by atoms with Crippen LogP contribution >= 0.6 is 0 Å². The second-order valence-electron chi connectivity index (χ2n) is 4.93. The van der Waals surface area contributed by atoms with E-state index in [2.05, 4.69) is 10.5 Å². The quantitative estimate of drug-likeness (QED) is 0.827. The van der Waals surface area contributed by atoms with Gasteiger partial charge in [-0.15, -0.1) is 0 Å². The Balaban J connectivity index is 2.05. The molecule has 6 heteroatoms. The van der Waals surface area contributed by atoms with Crippen LogP contribution in [-0.4, -0.2) is 22.1 Å². The van der Waals surface area contributed by atoms with Crippen LogP contribution in [0.25, 0.3) is 0 Å². The first-order chi connectivity index (χ1) is 7.84. The Morgan fingerprint density at radius 3 is 2.53 bits per heavy atom. The van der Waals surface area contributed by atoms with Gasteiger partial charge in [-0.2, -0.15) is 0 Å². The van der Waals surface area contributed by atoms with Crippen LogP contribution in [0.1, 0.15) is 19.6 Å². The van der Waals surface area contributed by atoms with E-state index in [0.29, 0.717) is 11.6 Å². The third-order valence-corrected chi connectivity index (χ3v) is 3.26. The average molecular weight is 238 g/mol. The topological polar surface area (TPSA) is 92.4 Å². The van der Waals surface area contributed by atoms with Crippen LogP contribution in [0, 0.1) is 24.2 Å². The van der Waals surface area contributed by atoms with Crippen molar-refractivity contribution in [3.63, 3.8) is 0 Å². The minimum atomic E-state index is -0.938. The molecule has 1 saturated carbocycles. The fourth-order valence-electron chi connectivity index (χ4n) is 2.22. The lowest BCUT2D eigenvalue weighted by Gasteiger charge is -2.01. The molecule has 92 valence electrons. The molecule has 1 fully saturated rings. The Kier molecular flexibility index (Phi) is 2.45. The molecule has 1 aromatic heterocycles. The summed E-state index contributed by atoms with van der Waals surface area (Å²) in [6, 6.07) is 1.59. The molecular weight excluding hydrogens is 224 g/mol. The predicted molar refractivity (Wildman–Crippen MR) is 58.3 cm³/mol. The molecule has 2 N–H and O–H groups in total. The van der Waals surface area contributed by atoms with Gasteiger partial charge in [0.1, 0.15) is 5.76 Å². The number of aromatic nitrogens is 1. The Labute approximate surface area is 98.0 Å². The van der Waals surface area contributed by atoms with Crippen molar-refractivity contribution in [2.75, 3.05) is 5.32 Å². The number of carbonyl (C=O) groups excluding carboxylic acids is 1. The second-order valence-corrected chi connectivity index (χ2v) is 4.93. The summed E-state index contributed by atoms with van der Waals surface area (Å²) in [6.07, 6.45) is 0. The number of hydrogen-bond acceptors (Lipinski definition) is 4. The first-order valence-electron chi connectivity index (χ1n) is 5.31. The Morgan fingerprint density at radius 1 is 1.47 bits per heavy atom. The van der Waals surface area contributed by atoms with Crippen LogP contribution in [0.3, 0.4) is 0 Å². The largest absolute Gasteiger partial charge is 0.481 e. The van der Waals surface area contributed by atoms with Gasteiger partial charge in [-0.1, -0.05) is 19.0 Å². The number of amides is 1. The number of aliphatic carboxylic acids is 1. The summed E-state index contributed by atoms with van der Waals surface area (Å²) >= 11 is 0. The van der Waals surface area contributed by atoms with Gasteiger partial charge in [0.15, 0.2) is 5.82 Å². The molecule has 1 heterocycles. The van der Waals surface area contributed by atoms with E-state index in [1.807, 2.05) is 0 Å². The highest BCUT2D eigenvalue weighted by molar-refractivity contribution is 5.99. The van der Waals surface area contributed by atoms with Gasteiger partial charge in [0.2, 0.25) is 5.91 Å². The van der Waals surface area contributed by atoms with Gasteiger partial charge in [0, 0.05) is 6.07 Å². The molecule has 0 aliphatic heterocycles. The number of rotatable bonds is 3. The Morgan fingerprint density at radius 2 is 2.12 bits per heavy atom. The first kappa shape index (κ1) is 11.6. The zero-order valence-corrected chi connectivity index (χ0v) is 9.85. The molecule has 0 saturated heterocycles. The van der Waals surface area contributed by atoms with Crippen molar-refractivity contribution in [1.82, 2.24) is 5.16 Å². The van der Waals surface area contributed by atoms with E-state index in [4.69, 9.17) is 9.63 Å². The second kappa shape index (κ2) is 3.58. The number of hydrogen-bond donors (Lipinski definition) is 2. The van der Waals surface area contributed by atoms with E-state index >= 15 is 0 Å². The summed E-state index contributed by atoms with van der Waals surface area (Å²) < 4.78 is 4.81. The van der Waals surface area contributed by atoms with E-state index in [1.54, 1.807) is 26.8 Å². The SMILES string of the molecule is Cc1cc(NC(=O)C2C(C(=O)O)C2(C)C)no1. The van der Waals surface area contributed by atoms with E-state index < -0.39 is 23.2 Å². The molecule has 0 bridgehead atoms. The number of nitrogens with zero attached hydrogens (tertiary/aromatic N) is 1. The summed E-state index contributed by atoms with van der Waals surface area (Å²) in [7, 11) is 0. The van der Waals surface area contributed by atoms with Crippen molar-refractivity contribution in [2.24, 2.45) is 17.3 Å². The maximum Gasteiger partial charge on any atom is 0.307 e. The van der Waals surface area contributed by atoms with E-state index in [1.165, 1.54) is 0 Å². The molecule has 2 unspecified atom stereocenters. The normalized spacial score (nSPS) is 25.4. The molecule has 0 radical (unpaired) electrons. The highest BCUT2D eigenvalue weighted by Gasteiger charge is 2.65. The van der Waals surface area contributed by atoms with E-state index in [9.17, 15) is 9.59 Å². The summed E-state index contributed by atoms with van der Waals surface area (Å²) in [5, 5.41) is 15.2. The molecule has 0 aromatic carbocycles. The van der Waals surface area contributed by atoms with Gasteiger partial charge in [-0.05, 0) is 12.3 Å². The highest BCUT2D eigenvalue weighted by Crippen LogP contribution is 2.58. The molecule has 2 atom stereocenters. The van der Waals surface area contributed by atoms with Gasteiger partial charge in [0.25, 0.3) is 0 Å². The predicted octanol–water partition coefficient (Wildman–Crippen LogP) is 1.28. The Bertz CT molecular complexity index is 478. The number of aryl methyl sites for hydroxylation is 1. The monoisotopic (exact) mass is 238 g/mol. The lowest BCUT2D eigenvalue weighted by Crippen LogP contribution is -2.17. The summed E-state index contributed by atoms with van der Waals surface area (Å²) in [5.41, 5.74) is -0.505. The number of anilines is 1. The molecule has 0 spiro atoms. The van der Waals surface area contributed by atoms with Crippen molar-refractivity contribution in [2.45, 2.75) is 20.8 Å². The fraction of sp³-hybridized carbons (Fsp3) is 0.545. The van der Waals surface area contributed by atoms with Gasteiger partial charge >= 0.3 is 5.97 Å². The smallest absolute Gasteiger partial charge is 0.307 e.